The fourth-order valence-electron chi connectivity index (χ4n) is 5.90. The fraction of sp³-hybridized carbons (Fsp3) is 0.500. The average Bonchev–Trinajstić information content (AvgIpc) is 2.92. The topological polar surface area (TPSA) is 47.8 Å². The summed E-state index contributed by atoms with van der Waals surface area (Å²) in [5, 5.41) is 3.63. The Hall–Kier alpha value is -2.92. The molecule has 2 aromatic carbocycles. The lowest BCUT2D eigenvalue weighted by Gasteiger charge is -2.44. The number of anilines is 4. The molecular formula is C32H47N5. The molecule has 0 amide bonds. The van der Waals surface area contributed by atoms with E-state index in [2.05, 4.69) is 96.3 Å². The minimum Gasteiger partial charge on any atom is -0.397 e. The van der Waals surface area contributed by atoms with E-state index in [1.165, 1.54) is 53.0 Å². The van der Waals surface area contributed by atoms with Gasteiger partial charge in [-0.1, -0.05) is 50.6 Å². The van der Waals surface area contributed by atoms with E-state index in [0.29, 0.717) is 6.04 Å². The first-order valence-electron chi connectivity index (χ1n) is 14.3. The summed E-state index contributed by atoms with van der Waals surface area (Å²) in [6.45, 7) is 18.2. The van der Waals surface area contributed by atoms with E-state index in [1.54, 1.807) is 0 Å². The number of aryl methyl sites for hydroxylation is 2. The Kier molecular flexibility index (Phi) is 9.20. The maximum atomic E-state index is 6.55. The SMILES string of the molecule is C/C=C\c1cc(C)cc(N2CCN(C3CCN(c4ccc(C)c5c4NCC=C5)CC3)CC2)c1N.CCC. The molecule has 0 aromatic heterocycles. The Morgan fingerprint density at radius 1 is 0.946 bits per heavy atom. The van der Waals surface area contributed by atoms with Gasteiger partial charge >= 0.3 is 0 Å². The summed E-state index contributed by atoms with van der Waals surface area (Å²) in [6, 6.07) is 9.70. The Labute approximate surface area is 225 Å². The van der Waals surface area contributed by atoms with Crippen molar-refractivity contribution in [1.29, 1.82) is 0 Å². The van der Waals surface area contributed by atoms with Crippen molar-refractivity contribution in [3.8, 4) is 0 Å². The molecule has 37 heavy (non-hydrogen) atoms. The molecule has 200 valence electrons. The zero-order valence-electron chi connectivity index (χ0n) is 23.7. The lowest BCUT2D eigenvalue weighted by Crippen LogP contribution is -2.53. The molecule has 0 radical (unpaired) electrons. The fourth-order valence-corrected chi connectivity index (χ4v) is 5.90. The molecule has 5 nitrogen and oxygen atoms in total. The molecule has 2 aromatic rings. The largest absolute Gasteiger partial charge is 0.397 e. The summed E-state index contributed by atoms with van der Waals surface area (Å²) < 4.78 is 0. The van der Waals surface area contributed by atoms with Gasteiger partial charge in [0.2, 0.25) is 0 Å². The molecule has 0 saturated carbocycles. The number of nitrogens with zero attached hydrogens (tertiary/aromatic N) is 3. The predicted octanol–water partition coefficient (Wildman–Crippen LogP) is 6.56. The van der Waals surface area contributed by atoms with Crippen LogP contribution in [0.2, 0.25) is 0 Å². The highest BCUT2D eigenvalue weighted by molar-refractivity contribution is 5.84. The third-order valence-electron chi connectivity index (χ3n) is 7.78. The second kappa shape index (κ2) is 12.6. The summed E-state index contributed by atoms with van der Waals surface area (Å²) in [6.07, 6.45) is 12.4. The molecular weight excluding hydrogens is 454 g/mol. The number of nitrogens with one attached hydrogen (secondary N) is 1. The molecule has 0 spiro atoms. The molecule has 0 bridgehead atoms. The highest BCUT2D eigenvalue weighted by atomic mass is 15.3. The molecule has 2 saturated heterocycles. The maximum Gasteiger partial charge on any atom is 0.0656 e. The Bertz CT molecular complexity index is 1100. The molecule has 0 unspecified atom stereocenters. The van der Waals surface area contributed by atoms with Gasteiger partial charge in [0.25, 0.3) is 0 Å². The van der Waals surface area contributed by atoms with Crippen molar-refractivity contribution in [3.05, 3.63) is 58.7 Å². The number of hydrogen-bond acceptors (Lipinski definition) is 5. The smallest absolute Gasteiger partial charge is 0.0656 e. The van der Waals surface area contributed by atoms with Crippen LogP contribution in [0.3, 0.4) is 0 Å². The first kappa shape index (κ1) is 27.1. The van der Waals surface area contributed by atoms with Gasteiger partial charge in [-0.25, -0.2) is 0 Å². The van der Waals surface area contributed by atoms with Crippen LogP contribution in [0.25, 0.3) is 12.2 Å². The van der Waals surface area contributed by atoms with Gasteiger partial charge in [-0.3, -0.25) is 4.90 Å². The van der Waals surface area contributed by atoms with E-state index in [1.807, 2.05) is 6.92 Å². The molecule has 5 rings (SSSR count). The summed E-state index contributed by atoms with van der Waals surface area (Å²) in [7, 11) is 0. The molecule has 3 heterocycles. The zero-order valence-corrected chi connectivity index (χ0v) is 23.7. The van der Waals surface area contributed by atoms with Crippen molar-refractivity contribution in [1.82, 2.24) is 4.90 Å². The standard InChI is InChI=1S/C29H39N5.C3H8/c1-4-6-23-19-21(2)20-27(28(23)30)34-17-15-32(16-18-34)24-10-13-33(14-11-24)26-9-8-22(3)25-7-5-12-31-29(25)26;1-3-2/h4-9,19-20,24,31H,10-18,30H2,1-3H3;3H2,1-2H3/b6-4-;. The van der Waals surface area contributed by atoms with E-state index >= 15 is 0 Å². The molecule has 3 aliphatic rings. The van der Waals surface area contributed by atoms with Gasteiger partial charge in [-0.2, -0.15) is 0 Å². The summed E-state index contributed by atoms with van der Waals surface area (Å²) >= 11 is 0. The van der Waals surface area contributed by atoms with Crippen LogP contribution in [-0.2, 0) is 0 Å². The highest BCUT2D eigenvalue weighted by Crippen LogP contribution is 2.37. The molecule has 3 N–H and O–H groups in total. The normalized spacial score (nSPS) is 18.4. The van der Waals surface area contributed by atoms with Gasteiger partial charge in [0.05, 0.1) is 22.7 Å². The van der Waals surface area contributed by atoms with Crippen LogP contribution in [0.4, 0.5) is 22.7 Å². The number of allylic oxidation sites excluding steroid dienone is 1. The van der Waals surface area contributed by atoms with Crippen LogP contribution in [0, 0.1) is 13.8 Å². The van der Waals surface area contributed by atoms with E-state index in [-0.39, 0.29) is 0 Å². The monoisotopic (exact) mass is 501 g/mol. The lowest BCUT2D eigenvalue weighted by molar-refractivity contribution is 0.160. The first-order valence-corrected chi connectivity index (χ1v) is 14.3. The van der Waals surface area contributed by atoms with E-state index in [9.17, 15) is 0 Å². The third kappa shape index (κ3) is 6.15. The quantitative estimate of drug-likeness (QED) is 0.464. The van der Waals surface area contributed by atoms with Crippen LogP contribution in [0.1, 0.15) is 62.3 Å². The molecule has 2 fully saturated rings. The number of nitrogen functional groups attached to an aromatic ring is 1. The Morgan fingerprint density at radius 3 is 2.30 bits per heavy atom. The van der Waals surface area contributed by atoms with Gasteiger partial charge in [-0.05, 0) is 68.5 Å². The molecule has 0 aliphatic carbocycles. The third-order valence-corrected chi connectivity index (χ3v) is 7.78. The predicted molar refractivity (Wildman–Crippen MR) is 164 cm³/mol. The second-order valence-corrected chi connectivity index (χ2v) is 10.7. The zero-order chi connectivity index (χ0) is 26.4. The van der Waals surface area contributed by atoms with Crippen LogP contribution < -0.4 is 20.9 Å². The molecule has 5 heteroatoms. The van der Waals surface area contributed by atoms with Crippen molar-refractivity contribution >= 4 is 34.9 Å². The maximum absolute atomic E-state index is 6.55. The second-order valence-electron chi connectivity index (χ2n) is 10.7. The Balaban J connectivity index is 0.00000102. The van der Waals surface area contributed by atoms with Crippen LogP contribution in [0.15, 0.2) is 36.4 Å². The lowest BCUT2D eigenvalue weighted by atomic mass is 9.98. The number of hydrogen-bond donors (Lipinski definition) is 2. The van der Waals surface area contributed by atoms with Crippen molar-refractivity contribution in [2.75, 3.05) is 66.7 Å². The van der Waals surface area contributed by atoms with Crippen LogP contribution in [-0.4, -0.2) is 56.8 Å². The minimum atomic E-state index is 0.681. The Morgan fingerprint density at radius 2 is 1.62 bits per heavy atom. The van der Waals surface area contributed by atoms with E-state index in [0.717, 1.165) is 57.1 Å². The number of benzene rings is 2. The average molecular weight is 502 g/mol. The number of piperidine rings is 1. The van der Waals surface area contributed by atoms with Crippen LogP contribution >= 0.6 is 0 Å². The van der Waals surface area contributed by atoms with Crippen molar-refractivity contribution < 1.29 is 0 Å². The highest BCUT2D eigenvalue weighted by Gasteiger charge is 2.29. The summed E-state index contributed by atoms with van der Waals surface area (Å²) in [5.74, 6) is 0. The van der Waals surface area contributed by atoms with E-state index < -0.39 is 0 Å². The summed E-state index contributed by atoms with van der Waals surface area (Å²) in [5.41, 5.74) is 16.5. The van der Waals surface area contributed by atoms with Crippen molar-refractivity contribution in [2.24, 2.45) is 0 Å². The van der Waals surface area contributed by atoms with Crippen molar-refractivity contribution in [3.63, 3.8) is 0 Å². The minimum absolute atomic E-state index is 0.681. The number of piperazine rings is 1. The number of fused-ring (bicyclic) bond motifs is 1. The van der Waals surface area contributed by atoms with Gasteiger partial charge in [0.15, 0.2) is 0 Å². The molecule has 0 atom stereocenters. The van der Waals surface area contributed by atoms with Gasteiger partial charge in [0.1, 0.15) is 0 Å². The van der Waals surface area contributed by atoms with E-state index in [4.69, 9.17) is 5.73 Å². The number of nitrogens with two attached hydrogens (primary N) is 1. The van der Waals surface area contributed by atoms with Gasteiger partial charge < -0.3 is 20.9 Å². The van der Waals surface area contributed by atoms with Gasteiger partial charge in [0, 0.05) is 57.4 Å². The van der Waals surface area contributed by atoms with Crippen molar-refractivity contribution in [2.45, 2.75) is 59.9 Å². The van der Waals surface area contributed by atoms with Crippen LogP contribution in [0.5, 0.6) is 0 Å². The van der Waals surface area contributed by atoms with Gasteiger partial charge in [-0.15, -0.1) is 0 Å². The first-order chi connectivity index (χ1) is 18.0. The number of rotatable bonds is 4. The molecule has 3 aliphatic heterocycles. The summed E-state index contributed by atoms with van der Waals surface area (Å²) in [4.78, 5) is 7.80.